The summed E-state index contributed by atoms with van der Waals surface area (Å²) >= 11 is 12.1. The number of benzene rings is 2. The molecule has 0 aromatic heterocycles. The number of amides is 1. The van der Waals surface area contributed by atoms with Crippen molar-refractivity contribution >= 4 is 29.1 Å². The molecule has 1 unspecified atom stereocenters. The Bertz CT molecular complexity index is 837. The van der Waals surface area contributed by atoms with Crippen molar-refractivity contribution < 1.29 is 18.0 Å². The Balaban J connectivity index is 1.83. The van der Waals surface area contributed by atoms with Crippen LogP contribution in [0, 0.1) is 17.5 Å². The first-order valence-electron chi connectivity index (χ1n) is 8.49. The number of nitrogens with zero attached hydrogens (tertiary/aromatic N) is 1. The van der Waals surface area contributed by atoms with Crippen molar-refractivity contribution in [2.75, 3.05) is 19.6 Å². The zero-order chi connectivity index (χ0) is 19.6. The van der Waals surface area contributed by atoms with Gasteiger partial charge in [0.15, 0.2) is 11.6 Å². The number of halogens is 5. The van der Waals surface area contributed by atoms with Gasteiger partial charge < -0.3 is 5.32 Å². The molecule has 2 aromatic carbocycles. The average Bonchev–Trinajstić information content (AvgIpc) is 3.14. The molecular formula is C19H17Cl2F3N2O. The second-order valence-electron chi connectivity index (χ2n) is 6.35. The highest BCUT2D eigenvalue weighted by Crippen LogP contribution is 2.32. The largest absolute Gasteiger partial charge is 0.350 e. The molecule has 27 heavy (non-hydrogen) atoms. The average molecular weight is 417 g/mol. The lowest BCUT2D eigenvalue weighted by atomic mass is 10.0. The van der Waals surface area contributed by atoms with E-state index in [0.29, 0.717) is 5.56 Å². The SMILES string of the molecule is O=C(NCC(c1c(F)cccc1Cl)N1CCCC1)c1cc(F)c(F)cc1Cl. The molecule has 0 bridgehead atoms. The molecule has 1 aliphatic heterocycles. The molecule has 2 aromatic rings. The number of carbonyl (C=O) groups excluding carboxylic acids is 1. The molecule has 3 nitrogen and oxygen atoms in total. The maximum absolute atomic E-state index is 14.4. The van der Waals surface area contributed by atoms with E-state index in [0.717, 1.165) is 38.1 Å². The van der Waals surface area contributed by atoms with Gasteiger partial charge in [-0.25, -0.2) is 13.2 Å². The maximum atomic E-state index is 14.4. The van der Waals surface area contributed by atoms with Crippen LogP contribution < -0.4 is 5.32 Å². The monoisotopic (exact) mass is 416 g/mol. The van der Waals surface area contributed by atoms with Crippen LogP contribution in [0.15, 0.2) is 30.3 Å². The van der Waals surface area contributed by atoms with Crippen molar-refractivity contribution in [1.82, 2.24) is 10.2 Å². The van der Waals surface area contributed by atoms with E-state index in [-0.39, 0.29) is 22.2 Å². The molecule has 1 amide bonds. The summed E-state index contributed by atoms with van der Waals surface area (Å²) in [4.78, 5) is 14.5. The molecule has 3 rings (SSSR count). The molecule has 8 heteroatoms. The first kappa shape index (κ1) is 20.0. The highest BCUT2D eigenvalue weighted by atomic mass is 35.5. The van der Waals surface area contributed by atoms with E-state index in [1.54, 1.807) is 6.07 Å². The fraction of sp³-hybridized carbons (Fsp3) is 0.316. The lowest BCUT2D eigenvalue weighted by Crippen LogP contribution is -2.37. The molecule has 0 spiro atoms. The third-order valence-electron chi connectivity index (χ3n) is 4.62. The first-order chi connectivity index (χ1) is 12.9. The number of rotatable bonds is 5. The summed E-state index contributed by atoms with van der Waals surface area (Å²) < 4.78 is 41.1. The maximum Gasteiger partial charge on any atom is 0.252 e. The van der Waals surface area contributed by atoms with Crippen molar-refractivity contribution in [3.8, 4) is 0 Å². The molecule has 1 N–H and O–H groups in total. The highest BCUT2D eigenvalue weighted by molar-refractivity contribution is 6.33. The van der Waals surface area contributed by atoms with Crippen molar-refractivity contribution in [3.63, 3.8) is 0 Å². The fourth-order valence-corrected chi connectivity index (χ4v) is 3.80. The van der Waals surface area contributed by atoms with Crippen LogP contribution in [-0.4, -0.2) is 30.4 Å². The second-order valence-corrected chi connectivity index (χ2v) is 7.16. The second kappa shape index (κ2) is 8.50. The predicted molar refractivity (Wildman–Crippen MR) is 98.7 cm³/mol. The standard InChI is InChI=1S/C19H17Cl2F3N2O/c20-12-4-3-5-14(22)18(12)17(26-6-1-2-7-26)10-25-19(27)11-8-15(23)16(24)9-13(11)21/h3-5,8-9,17H,1-2,6-7,10H2,(H,25,27). The molecule has 1 fully saturated rings. The van der Waals surface area contributed by atoms with Crippen LogP contribution in [0.3, 0.4) is 0 Å². The topological polar surface area (TPSA) is 32.3 Å². The zero-order valence-electron chi connectivity index (χ0n) is 14.2. The zero-order valence-corrected chi connectivity index (χ0v) is 15.8. The molecule has 1 atom stereocenters. The molecule has 1 aliphatic rings. The van der Waals surface area contributed by atoms with Gasteiger partial charge in [0, 0.05) is 17.1 Å². The molecule has 144 valence electrons. The summed E-state index contributed by atoms with van der Waals surface area (Å²) in [6, 6.07) is 5.44. The summed E-state index contributed by atoms with van der Waals surface area (Å²) in [5, 5.41) is 2.71. The van der Waals surface area contributed by atoms with E-state index in [1.165, 1.54) is 12.1 Å². The smallest absolute Gasteiger partial charge is 0.252 e. The van der Waals surface area contributed by atoms with Crippen LogP contribution in [0.25, 0.3) is 0 Å². The minimum absolute atomic E-state index is 0.0504. The van der Waals surface area contributed by atoms with Crippen molar-refractivity contribution in [3.05, 3.63) is 69.0 Å². The van der Waals surface area contributed by atoms with Crippen LogP contribution in [0.2, 0.25) is 10.0 Å². The third kappa shape index (κ3) is 4.39. The van der Waals surface area contributed by atoms with Gasteiger partial charge in [0.1, 0.15) is 5.82 Å². The van der Waals surface area contributed by atoms with Gasteiger partial charge in [0.05, 0.1) is 16.6 Å². The summed E-state index contributed by atoms with van der Waals surface area (Å²) in [5.74, 6) is -3.43. The third-order valence-corrected chi connectivity index (χ3v) is 5.27. The van der Waals surface area contributed by atoms with Crippen LogP contribution >= 0.6 is 23.2 Å². The Morgan fingerprint density at radius 2 is 1.70 bits per heavy atom. The first-order valence-corrected chi connectivity index (χ1v) is 9.24. The van der Waals surface area contributed by atoms with Gasteiger partial charge in [-0.15, -0.1) is 0 Å². The predicted octanol–water partition coefficient (Wildman–Crippen LogP) is 4.98. The van der Waals surface area contributed by atoms with Gasteiger partial charge in [-0.1, -0.05) is 29.3 Å². The van der Waals surface area contributed by atoms with Gasteiger partial charge in [0.2, 0.25) is 0 Å². The van der Waals surface area contributed by atoms with Crippen LogP contribution in [0.4, 0.5) is 13.2 Å². The van der Waals surface area contributed by atoms with E-state index in [4.69, 9.17) is 23.2 Å². The Hall–Kier alpha value is -1.76. The molecular weight excluding hydrogens is 400 g/mol. The lowest BCUT2D eigenvalue weighted by molar-refractivity contribution is 0.0936. The van der Waals surface area contributed by atoms with Crippen LogP contribution in [0.5, 0.6) is 0 Å². The van der Waals surface area contributed by atoms with E-state index in [1.807, 2.05) is 4.90 Å². The van der Waals surface area contributed by atoms with Gasteiger partial charge in [-0.05, 0) is 50.2 Å². The molecule has 1 saturated heterocycles. The Morgan fingerprint density at radius 3 is 2.37 bits per heavy atom. The van der Waals surface area contributed by atoms with Gasteiger partial charge in [0.25, 0.3) is 5.91 Å². The molecule has 1 heterocycles. The summed E-state index contributed by atoms with van der Waals surface area (Å²) in [6.45, 7) is 1.54. The minimum Gasteiger partial charge on any atom is -0.350 e. The Kier molecular flexibility index (Phi) is 6.29. The molecule has 0 aliphatic carbocycles. The van der Waals surface area contributed by atoms with E-state index >= 15 is 0 Å². The Labute approximate surface area is 165 Å². The van der Waals surface area contributed by atoms with Gasteiger partial charge >= 0.3 is 0 Å². The van der Waals surface area contributed by atoms with Crippen molar-refractivity contribution in [1.29, 1.82) is 0 Å². The number of carbonyl (C=O) groups is 1. The van der Waals surface area contributed by atoms with E-state index < -0.39 is 29.4 Å². The van der Waals surface area contributed by atoms with E-state index in [9.17, 15) is 18.0 Å². The number of likely N-dealkylation sites (tertiary alicyclic amines) is 1. The van der Waals surface area contributed by atoms with Gasteiger partial charge in [-0.3, -0.25) is 9.69 Å². The normalized spacial score (nSPS) is 15.7. The van der Waals surface area contributed by atoms with E-state index in [2.05, 4.69) is 5.32 Å². The summed E-state index contributed by atoms with van der Waals surface area (Å²) in [6.07, 6.45) is 1.93. The summed E-state index contributed by atoms with van der Waals surface area (Å²) in [7, 11) is 0. The van der Waals surface area contributed by atoms with Gasteiger partial charge in [-0.2, -0.15) is 0 Å². The molecule has 0 saturated carbocycles. The number of hydrogen-bond donors (Lipinski definition) is 1. The number of hydrogen-bond acceptors (Lipinski definition) is 2. The molecule has 0 radical (unpaired) electrons. The van der Waals surface area contributed by atoms with Crippen LogP contribution in [-0.2, 0) is 0 Å². The van der Waals surface area contributed by atoms with Crippen molar-refractivity contribution in [2.24, 2.45) is 0 Å². The quantitative estimate of drug-likeness (QED) is 0.697. The highest BCUT2D eigenvalue weighted by Gasteiger charge is 2.28. The minimum atomic E-state index is -1.17. The fourth-order valence-electron chi connectivity index (χ4n) is 3.28. The summed E-state index contributed by atoms with van der Waals surface area (Å²) in [5.41, 5.74) is 0.119. The number of nitrogens with one attached hydrogen (secondary N) is 1. The lowest BCUT2D eigenvalue weighted by Gasteiger charge is -2.29. The van der Waals surface area contributed by atoms with Crippen molar-refractivity contribution in [2.45, 2.75) is 18.9 Å². The Morgan fingerprint density at radius 1 is 1.04 bits per heavy atom. The van der Waals surface area contributed by atoms with Crippen LogP contribution in [0.1, 0.15) is 34.8 Å².